The number of hydrogen-bond acceptors (Lipinski definition) is 3. The molecule has 0 heterocycles. The lowest BCUT2D eigenvalue weighted by molar-refractivity contribution is 0.313. The first-order valence-electron chi connectivity index (χ1n) is 6.38. The van der Waals surface area contributed by atoms with Gasteiger partial charge < -0.3 is 0 Å². The number of rotatable bonds is 7. The van der Waals surface area contributed by atoms with Crippen LogP contribution in [0.15, 0.2) is 24.3 Å². The second-order valence-electron chi connectivity index (χ2n) is 4.74. The smallest absolute Gasteiger partial charge is 0.0610 e. The Morgan fingerprint density at radius 1 is 1.29 bits per heavy atom. The van der Waals surface area contributed by atoms with Crippen molar-refractivity contribution in [3.05, 3.63) is 35.4 Å². The average molecular weight is 235 g/mol. The summed E-state index contributed by atoms with van der Waals surface area (Å²) < 4.78 is 0. The summed E-state index contributed by atoms with van der Waals surface area (Å²) in [6.07, 6.45) is 2.27. The fraction of sp³-hybridized carbons (Fsp3) is 0.571. The number of hydrogen-bond donors (Lipinski definition) is 2. The van der Waals surface area contributed by atoms with Crippen molar-refractivity contribution in [1.82, 2.24) is 10.3 Å². The van der Waals surface area contributed by atoms with Crippen molar-refractivity contribution in [3.63, 3.8) is 0 Å². The molecule has 0 aromatic heterocycles. The molecule has 0 aliphatic rings. The minimum atomic E-state index is 0.660. The number of likely N-dealkylation sites (N-methyl/N-ethyl adjacent to an activating group) is 1. The summed E-state index contributed by atoms with van der Waals surface area (Å²) in [4.78, 5) is 2.17. The van der Waals surface area contributed by atoms with Crippen LogP contribution in [-0.4, -0.2) is 25.2 Å². The Bertz CT molecular complexity index is 308. The second-order valence-corrected chi connectivity index (χ2v) is 4.74. The molecule has 96 valence electrons. The van der Waals surface area contributed by atoms with Crippen molar-refractivity contribution >= 4 is 0 Å². The van der Waals surface area contributed by atoms with Crippen LogP contribution in [0.2, 0.25) is 0 Å². The Morgan fingerprint density at radius 2 is 1.94 bits per heavy atom. The molecular formula is C14H25N3. The molecule has 1 aromatic carbocycles. The molecule has 0 spiro atoms. The highest BCUT2D eigenvalue weighted by Crippen LogP contribution is 2.18. The maximum absolute atomic E-state index is 5.28. The molecule has 0 radical (unpaired) electrons. The van der Waals surface area contributed by atoms with Gasteiger partial charge in [0.1, 0.15) is 0 Å². The van der Waals surface area contributed by atoms with Crippen molar-refractivity contribution < 1.29 is 0 Å². The van der Waals surface area contributed by atoms with E-state index in [4.69, 9.17) is 5.84 Å². The molecule has 17 heavy (non-hydrogen) atoms. The molecule has 1 unspecified atom stereocenters. The quantitative estimate of drug-likeness (QED) is 0.432. The zero-order valence-electron chi connectivity index (χ0n) is 11.2. The molecule has 0 aliphatic heterocycles. The van der Waals surface area contributed by atoms with Crippen LogP contribution in [0.25, 0.3) is 0 Å². The van der Waals surface area contributed by atoms with E-state index in [1.165, 1.54) is 17.5 Å². The summed E-state index contributed by atoms with van der Waals surface area (Å²) in [5.41, 5.74) is 5.49. The molecule has 1 aromatic rings. The van der Waals surface area contributed by atoms with Crippen LogP contribution in [0.1, 0.15) is 37.3 Å². The molecule has 3 N–H and O–H groups in total. The van der Waals surface area contributed by atoms with Gasteiger partial charge in [0.05, 0.1) is 6.67 Å². The summed E-state index contributed by atoms with van der Waals surface area (Å²) in [5.74, 6) is 5.94. The fourth-order valence-electron chi connectivity index (χ4n) is 1.80. The Morgan fingerprint density at radius 3 is 2.47 bits per heavy atom. The molecule has 1 rings (SSSR count). The lowest BCUT2D eigenvalue weighted by atomic mass is 9.97. The third-order valence-electron chi connectivity index (χ3n) is 3.30. The van der Waals surface area contributed by atoms with E-state index in [9.17, 15) is 0 Å². The number of nitrogens with one attached hydrogen (secondary N) is 1. The molecule has 0 amide bonds. The Kier molecular flexibility index (Phi) is 6.19. The van der Waals surface area contributed by atoms with E-state index in [1.807, 2.05) is 0 Å². The highest BCUT2D eigenvalue weighted by Gasteiger charge is 2.03. The van der Waals surface area contributed by atoms with Crippen molar-refractivity contribution in [2.75, 3.05) is 20.3 Å². The Balaban J connectivity index is 2.45. The average Bonchev–Trinajstić information content (AvgIpc) is 2.36. The van der Waals surface area contributed by atoms with Gasteiger partial charge in [-0.1, -0.05) is 38.1 Å². The van der Waals surface area contributed by atoms with Gasteiger partial charge in [-0.25, -0.2) is 5.43 Å². The summed E-state index contributed by atoms with van der Waals surface area (Å²) >= 11 is 0. The zero-order valence-corrected chi connectivity index (χ0v) is 11.2. The van der Waals surface area contributed by atoms with E-state index in [1.54, 1.807) is 0 Å². The van der Waals surface area contributed by atoms with Gasteiger partial charge in [-0.05, 0) is 36.9 Å². The molecule has 1 atom stereocenters. The highest BCUT2D eigenvalue weighted by atomic mass is 15.3. The first-order valence-corrected chi connectivity index (χ1v) is 6.38. The third-order valence-corrected chi connectivity index (χ3v) is 3.30. The highest BCUT2D eigenvalue weighted by molar-refractivity contribution is 5.25. The van der Waals surface area contributed by atoms with Crippen LogP contribution in [0.4, 0.5) is 0 Å². The molecule has 0 saturated carbocycles. The predicted molar refractivity (Wildman–Crippen MR) is 73.7 cm³/mol. The predicted octanol–water partition coefficient (Wildman–Crippen LogP) is 2.10. The largest absolute Gasteiger partial charge is 0.292 e. The SMILES string of the molecule is CCC(C)c1ccc(CCN(C)CNN)cc1. The molecule has 3 heteroatoms. The van der Waals surface area contributed by atoms with Gasteiger partial charge in [0.2, 0.25) is 0 Å². The van der Waals surface area contributed by atoms with Gasteiger partial charge in [0, 0.05) is 6.54 Å². The van der Waals surface area contributed by atoms with E-state index < -0.39 is 0 Å². The number of nitrogens with two attached hydrogens (primary N) is 1. The second kappa shape index (κ2) is 7.43. The molecule has 0 bridgehead atoms. The van der Waals surface area contributed by atoms with Crippen LogP contribution < -0.4 is 11.3 Å². The first-order chi connectivity index (χ1) is 8.17. The molecule has 0 aliphatic carbocycles. The first kappa shape index (κ1) is 14.2. The van der Waals surface area contributed by atoms with Gasteiger partial charge in [0.15, 0.2) is 0 Å². The summed E-state index contributed by atoms with van der Waals surface area (Å²) in [7, 11) is 2.06. The third kappa shape index (κ3) is 4.86. The maximum atomic E-state index is 5.28. The monoisotopic (exact) mass is 235 g/mol. The van der Waals surface area contributed by atoms with Gasteiger partial charge in [0.25, 0.3) is 0 Å². The van der Waals surface area contributed by atoms with Crippen molar-refractivity contribution in [2.45, 2.75) is 32.6 Å². The lowest BCUT2D eigenvalue weighted by Gasteiger charge is -2.16. The summed E-state index contributed by atoms with van der Waals surface area (Å²) in [6.45, 7) is 6.25. The molecule has 0 saturated heterocycles. The van der Waals surface area contributed by atoms with E-state index in [0.29, 0.717) is 5.92 Å². The van der Waals surface area contributed by atoms with Crippen molar-refractivity contribution in [3.8, 4) is 0 Å². The normalized spacial score (nSPS) is 13.0. The molecule has 3 nitrogen and oxygen atoms in total. The van der Waals surface area contributed by atoms with Crippen molar-refractivity contribution in [1.29, 1.82) is 0 Å². The molecular weight excluding hydrogens is 210 g/mol. The minimum absolute atomic E-state index is 0.660. The lowest BCUT2D eigenvalue weighted by Crippen LogP contribution is -2.36. The van der Waals surface area contributed by atoms with Gasteiger partial charge in [-0.2, -0.15) is 0 Å². The zero-order chi connectivity index (χ0) is 12.7. The van der Waals surface area contributed by atoms with E-state index in [0.717, 1.165) is 19.6 Å². The topological polar surface area (TPSA) is 41.3 Å². The van der Waals surface area contributed by atoms with Gasteiger partial charge in [-0.3, -0.25) is 10.7 Å². The minimum Gasteiger partial charge on any atom is -0.292 e. The number of nitrogens with zero attached hydrogens (tertiary/aromatic N) is 1. The van der Waals surface area contributed by atoms with Crippen LogP contribution in [0.3, 0.4) is 0 Å². The summed E-state index contributed by atoms with van der Waals surface area (Å²) in [6, 6.07) is 8.99. The van der Waals surface area contributed by atoms with E-state index in [-0.39, 0.29) is 0 Å². The molecule has 0 fully saturated rings. The Labute approximate surface area is 105 Å². The maximum Gasteiger partial charge on any atom is 0.0610 e. The standard InChI is InChI=1S/C14H25N3/c1-4-12(2)14-7-5-13(6-8-14)9-10-17(3)11-16-15/h5-8,12,16H,4,9-11,15H2,1-3H3. The number of hydrazine groups is 1. The fourth-order valence-corrected chi connectivity index (χ4v) is 1.80. The van der Waals surface area contributed by atoms with Gasteiger partial charge >= 0.3 is 0 Å². The van der Waals surface area contributed by atoms with Crippen LogP contribution in [0, 0.1) is 0 Å². The van der Waals surface area contributed by atoms with Crippen LogP contribution >= 0.6 is 0 Å². The number of benzene rings is 1. The van der Waals surface area contributed by atoms with E-state index in [2.05, 4.69) is 55.5 Å². The van der Waals surface area contributed by atoms with Crippen molar-refractivity contribution in [2.24, 2.45) is 5.84 Å². The van der Waals surface area contributed by atoms with Crippen LogP contribution in [-0.2, 0) is 6.42 Å². The van der Waals surface area contributed by atoms with E-state index >= 15 is 0 Å². The summed E-state index contributed by atoms with van der Waals surface area (Å²) in [5, 5.41) is 0. The Hall–Kier alpha value is -0.900. The van der Waals surface area contributed by atoms with Crippen LogP contribution in [0.5, 0.6) is 0 Å². The van der Waals surface area contributed by atoms with Gasteiger partial charge in [-0.15, -0.1) is 0 Å².